The molecule has 0 amide bonds. The molecule has 4 nitrogen and oxygen atoms in total. The van der Waals surface area contributed by atoms with Gasteiger partial charge in [-0.3, -0.25) is 0 Å². The lowest BCUT2D eigenvalue weighted by molar-refractivity contribution is 0.273. The van der Waals surface area contributed by atoms with E-state index in [1.807, 2.05) is 0 Å². The van der Waals surface area contributed by atoms with Crippen molar-refractivity contribution in [2.24, 2.45) is 5.73 Å². The molecule has 1 aromatic rings. The Bertz CT molecular complexity index is 361. The van der Waals surface area contributed by atoms with Crippen LogP contribution in [0.5, 0.6) is 0 Å². The van der Waals surface area contributed by atoms with Crippen molar-refractivity contribution in [1.29, 1.82) is 0 Å². The van der Waals surface area contributed by atoms with Crippen molar-refractivity contribution in [1.82, 2.24) is 15.0 Å². The van der Waals surface area contributed by atoms with Crippen LogP contribution in [-0.2, 0) is 6.54 Å². The van der Waals surface area contributed by atoms with Crippen LogP contribution in [0.25, 0.3) is 0 Å². The van der Waals surface area contributed by atoms with Crippen LogP contribution in [0, 0.1) is 0 Å². The van der Waals surface area contributed by atoms with Crippen molar-refractivity contribution >= 4 is 0 Å². The summed E-state index contributed by atoms with van der Waals surface area (Å²) < 4.78 is 2.20. The third-order valence-corrected chi connectivity index (χ3v) is 4.16. The van der Waals surface area contributed by atoms with E-state index in [0.29, 0.717) is 18.5 Å². The standard InChI is InChI=1S/C12H20N4/c13-8-11-12(9-4-1-2-5-9)16(15-14-11)10-6-3-7-10/h9-10H,1-8,13H2. The van der Waals surface area contributed by atoms with Crippen LogP contribution in [0.4, 0.5) is 0 Å². The molecule has 3 rings (SSSR count). The lowest BCUT2D eigenvalue weighted by Gasteiger charge is -2.28. The van der Waals surface area contributed by atoms with Gasteiger partial charge in [-0.2, -0.15) is 0 Å². The summed E-state index contributed by atoms with van der Waals surface area (Å²) in [6.07, 6.45) is 9.18. The largest absolute Gasteiger partial charge is 0.325 e. The predicted molar refractivity (Wildman–Crippen MR) is 62.0 cm³/mol. The molecule has 4 heteroatoms. The fraction of sp³-hybridized carbons (Fsp3) is 0.833. The van der Waals surface area contributed by atoms with E-state index >= 15 is 0 Å². The van der Waals surface area contributed by atoms with Crippen molar-refractivity contribution in [2.75, 3.05) is 0 Å². The van der Waals surface area contributed by atoms with E-state index < -0.39 is 0 Å². The summed E-state index contributed by atoms with van der Waals surface area (Å²) in [7, 11) is 0. The summed E-state index contributed by atoms with van der Waals surface area (Å²) in [6.45, 7) is 0.540. The number of aromatic nitrogens is 3. The van der Waals surface area contributed by atoms with E-state index in [1.165, 1.54) is 50.6 Å². The van der Waals surface area contributed by atoms with Gasteiger partial charge in [-0.25, -0.2) is 4.68 Å². The van der Waals surface area contributed by atoms with Crippen LogP contribution in [0.3, 0.4) is 0 Å². The second kappa shape index (κ2) is 4.17. The second-order valence-corrected chi connectivity index (χ2v) is 5.14. The lowest BCUT2D eigenvalue weighted by atomic mass is 9.91. The van der Waals surface area contributed by atoms with Gasteiger partial charge in [-0.15, -0.1) is 5.10 Å². The number of nitrogens with zero attached hydrogens (tertiary/aromatic N) is 3. The molecule has 0 aliphatic heterocycles. The number of hydrogen-bond acceptors (Lipinski definition) is 3. The van der Waals surface area contributed by atoms with Crippen molar-refractivity contribution in [2.45, 2.75) is 63.5 Å². The molecule has 0 saturated heterocycles. The number of hydrogen-bond donors (Lipinski definition) is 1. The van der Waals surface area contributed by atoms with Crippen LogP contribution >= 0.6 is 0 Å². The zero-order valence-electron chi connectivity index (χ0n) is 9.73. The zero-order valence-corrected chi connectivity index (χ0v) is 9.73. The average molecular weight is 220 g/mol. The van der Waals surface area contributed by atoms with Gasteiger partial charge < -0.3 is 5.73 Å². The maximum absolute atomic E-state index is 5.78. The van der Waals surface area contributed by atoms with Gasteiger partial charge in [0.05, 0.1) is 17.4 Å². The Labute approximate surface area is 96.2 Å². The smallest absolute Gasteiger partial charge is 0.0997 e. The Hall–Kier alpha value is -0.900. The van der Waals surface area contributed by atoms with E-state index in [4.69, 9.17) is 5.73 Å². The van der Waals surface area contributed by atoms with Gasteiger partial charge in [-0.1, -0.05) is 18.1 Å². The zero-order chi connectivity index (χ0) is 11.0. The van der Waals surface area contributed by atoms with Gasteiger partial charge >= 0.3 is 0 Å². The first kappa shape index (κ1) is 10.3. The average Bonchev–Trinajstić information content (AvgIpc) is 2.81. The quantitative estimate of drug-likeness (QED) is 0.848. The Morgan fingerprint density at radius 2 is 1.88 bits per heavy atom. The second-order valence-electron chi connectivity index (χ2n) is 5.14. The first-order valence-electron chi connectivity index (χ1n) is 6.54. The van der Waals surface area contributed by atoms with E-state index in [2.05, 4.69) is 15.0 Å². The molecule has 88 valence electrons. The molecule has 0 bridgehead atoms. The molecule has 16 heavy (non-hydrogen) atoms. The van der Waals surface area contributed by atoms with E-state index in [-0.39, 0.29) is 0 Å². The van der Waals surface area contributed by atoms with E-state index in [1.54, 1.807) is 0 Å². The summed E-state index contributed by atoms with van der Waals surface area (Å²) in [5, 5.41) is 8.61. The normalized spacial score (nSPS) is 22.6. The fourth-order valence-electron chi connectivity index (χ4n) is 3.00. The van der Waals surface area contributed by atoms with Crippen LogP contribution < -0.4 is 5.73 Å². The molecule has 0 atom stereocenters. The monoisotopic (exact) mass is 220 g/mol. The molecule has 2 N–H and O–H groups in total. The number of rotatable bonds is 3. The highest BCUT2D eigenvalue weighted by Crippen LogP contribution is 2.39. The van der Waals surface area contributed by atoms with Gasteiger partial charge in [0, 0.05) is 12.5 Å². The van der Waals surface area contributed by atoms with Gasteiger partial charge in [0.15, 0.2) is 0 Å². The highest BCUT2D eigenvalue weighted by atomic mass is 15.4. The van der Waals surface area contributed by atoms with Gasteiger partial charge in [0.2, 0.25) is 0 Å². The molecule has 0 unspecified atom stereocenters. The molecule has 0 spiro atoms. The summed E-state index contributed by atoms with van der Waals surface area (Å²) in [6, 6.07) is 0.614. The Morgan fingerprint density at radius 1 is 1.12 bits per heavy atom. The van der Waals surface area contributed by atoms with Crippen LogP contribution in [0.15, 0.2) is 0 Å². The molecule has 1 aromatic heterocycles. The maximum Gasteiger partial charge on any atom is 0.0997 e. The maximum atomic E-state index is 5.78. The Kier molecular flexibility index (Phi) is 2.67. The molecular weight excluding hydrogens is 200 g/mol. The van der Waals surface area contributed by atoms with Crippen molar-refractivity contribution in [3.05, 3.63) is 11.4 Å². The molecule has 2 saturated carbocycles. The van der Waals surface area contributed by atoms with Crippen molar-refractivity contribution < 1.29 is 0 Å². The SMILES string of the molecule is NCc1nnn(C2CCC2)c1C1CCCC1. The summed E-state index contributed by atoms with van der Waals surface area (Å²) in [5.41, 5.74) is 8.18. The minimum absolute atomic E-state index is 0.540. The minimum atomic E-state index is 0.540. The van der Waals surface area contributed by atoms with Crippen LogP contribution in [0.1, 0.15) is 68.3 Å². The summed E-state index contributed by atoms with van der Waals surface area (Å²) in [4.78, 5) is 0. The van der Waals surface area contributed by atoms with Crippen LogP contribution in [0.2, 0.25) is 0 Å². The topological polar surface area (TPSA) is 56.7 Å². The summed E-state index contributed by atoms with van der Waals surface area (Å²) in [5.74, 6) is 0.675. The lowest BCUT2D eigenvalue weighted by Crippen LogP contribution is -2.22. The van der Waals surface area contributed by atoms with Crippen LogP contribution in [-0.4, -0.2) is 15.0 Å². The van der Waals surface area contributed by atoms with Crippen molar-refractivity contribution in [3.63, 3.8) is 0 Å². The first-order valence-corrected chi connectivity index (χ1v) is 6.54. The van der Waals surface area contributed by atoms with E-state index in [9.17, 15) is 0 Å². The first-order chi connectivity index (χ1) is 7.90. The van der Waals surface area contributed by atoms with E-state index in [0.717, 1.165) is 5.69 Å². The fourth-order valence-corrected chi connectivity index (χ4v) is 3.00. The van der Waals surface area contributed by atoms with Gasteiger partial charge in [0.1, 0.15) is 0 Å². The minimum Gasteiger partial charge on any atom is -0.325 e. The molecule has 2 fully saturated rings. The Morgan fingerprint density at radius 3 is 2.44 bits per heavy atom. The highest BCUT2D eigenvalue weighted by molar-refractivity contribution is 5.18. The highest BCUT2D eigenvalue weighted by Gasteiger charge is 2.30. The van der Waals surface area contributed by atoms with Gasteiger partial charge in [-0.05, 0) is 32.1 Å². The third kappa shape index (κ3) is 1.56. The molecule has 2 aliphatic carbocycles. The molecule has 0 radical (unpaired) electrons. The summed E-state index contributed by atoms with van der Waals surface area (Å²) >= 11 is 0. The Balaban J connectivity index is 1.93. The molecule has 2 aliphatic rings. The molecule has 1 heterocycles. The predicted octanol–water partition coefficient (Wildman–Crippen LogP) is 2.12. The molecular formula is C12H20N4. The van der Waals surface area contributed by atoms with Crippen molar-refractivity contribution in [3.8, 4) is 0 Å². The third-order valence-electron chi connectivity index (χ3n) is 4.16. The molecule has 0 aromatic carbocycles. The van der Waals surface area contributed by atoms with Gasteiger partial charge in [0.25, 0.3) is 0 Å². The number of nitrogens with two attached hydrogens (primary N) is 1.